The molecule has 0 amide bonds. The number of likely N-dealkylation sites (tertiary alicyclic amines) is 1. The molecule has 1 aliphatic rings. The zero-order valence-electron chi connectivity index (χ0n) is 18.5. The van der Waals surface area contributed by atoms with Crippen molar-refractivity contribution in [2.24, 2.45) is 0 Å². The molecule has 34 heavy (non-hydrogen) atoms. The van der Waals surface area contributed by atoms with Gasteiger partial charge < -0.3 is 5.73 Å². The molecule has 1 aromatic carbocycles. The number of aromatic nitrogens is 3. The molecule has 0 aliphatic carbocycles. The zero-order valence-corrected chi connectivity index (χ0v) is 19.2. The van der Waals surface area contributed by atoms with E-state index in [9.17, 15) is 18.4 Å². The average molecular weight is 487 g/mol. The fourth-order valence-electron chi connectivity index (χ4n) is 4.59. The van der Waals surface area contributed by atoms with Crippen molar-refractivity contribution in [2.45, 2.75) is 31.4 Å². The Morgan fingerprint density at radius 3 is 2.59 bits per heavy atom. The van der Waals surface area contributed by atoms with Crippen LogP contribution in [-0.4, -0.2) is 39.5 Å². The van der Waals surface area contributed by atoms with Crippen LogP contribution in [0.4, 0.5) is 19.0 Å². The molecule has 176 valence electrons. The molecule has 3 aromatic rings. The van der Waals surface area contributed by atoms with Gasteiger partial charge in [-0.25, -0.2) is 15.0 Å². The topological polar surface area (TPSA) is 91.7 Å². The van der Waals surface area contributed by atoms with Crippen molar-refractivity contribution in [1.29, 1.82) is 5.26 Å². The Bertz CT molecular complexity index is 1310. The summed E-state index contributed by atoms with van der Waals surface area (Å²) in [5, 5.41) is 10.7. The first-order valence-corrected chi connectivity index (χ1v) is 11.0. The van der Waals surface area contributed by atoms with E-state index in [0.29, 0.717) is 42.5 Å². The van der Waals surface area contributed by atoms with Gasteiger partial charge in [-0.05, 0) is 43.5 Å². The molecule has 0 spiro atoms. The molecule has 10 heteroatoms. The number of halogens is 4. The number of benzene rings is 1. The second-order valence-corrected chi connectivity index (χ2v) is 8.85. The van der Waals surface area contributed by atoms with Crippen molar-refractivity contribution in [1.82, 2.24) is 19.9 Å². The van der Waals surface area contributed by atoms with Gasteiger partial charge >= 0.3 is 6.18 Å². The SMILES string of the molecule is C=CCN1CCC(C#N)(c2ncnc3cc(-c4nc(N)cc(C)c4C(F)(F)F)c(Cl)cc23)CC1. The summed E-state index contributed by atoms with van der Waals surface area (Å²) in [6.45, 7) is 7.21. The summed E-state index contributed by atoms with van der Waals surface area (Å²) in [5.74, 6) is -0.0465. The van der Waals surface area contributed by atoms with Gasteiger partial charge in [0.05, 0.1) is 33.6 Å². The zero-order chi connectivity index (χ0) is 24.7. The van der Waals surface area contributed by atoms with Crippen molar-refractivity contribution in [3.63, 3.8) is 0 Å². The van der Waals surface area contributed by atoms with Crippen molar-refractivity contribution < 1.29 is 13.2 Å². The van der Waals surface area contributed by atoms with Crippen LogP contribution < -0.4 is 5.73 Å². The number of alkyl halides is 3. The minimum atomic E-state index is -4.65. The Kier molecular flexibility index (Phi) is 6.23. The second-order valence-electron chi connectivity index (χ2n) is 8.44. The van der Waals surface area contributed by atoms with E-state index in [1.54, 1.807) is 0 Å². The molecule has 0 radical (unpaired) electrons. The number of anilines is 1. The quantitative estimate of drug-likeness (QED) is 0.503. The van der Waals surface area contributed by atoms with E-state index in [4.69, 9.17) is 17.3 Å². The van der Waals surface area contributed by atoms with E-state index >= 15 is 0 Å². The molecule has 3 heterocycles. The number of fused-ring (bicyclic) bond motifs is 1. The van der Waals surface area contributed by atoms with Crippen LogP contribution in [0.15, 0.2) is 37.2 Å². The lowest BCUT2D eigenvalue weighted by atomic mass is 9.75. The number of piperidine rings is 1. The molecule has 1 fully saturated rings. The number of pyridine rings is 1. The van der Waals surface area contributed by atoms with E-state index < -0.39 is 17.2 Å². The van der Waals surface area contributed by atoms with Crippen molar-refractivity contribution in [2.75, 3.05) is 25.4 Å². The summed E-state index contributed by atoms with van der Waals surface area (Å²) < 4.78 is 41.6. The normalized spacial score (nSPS) is 16.4. The van der Waals surface area contributed by atoms with E-state index in [2.05, 4.69) is 32.5 Å². The summed E-state index contributed by atoms with van der Waals surface area (Å²) in [6, 6.07) is 6.59. The number of nitriles is 1. The van der Waals surface area contributed by atoms with Crippen molar-refractivity contribution in [3.8, 4) is 17.3 Å². The van der Waals surface area contributed by atoms with Crippen LogP contribution in [0.3, 0.4) is 0 Å². The fourth-order valence-corrected chi connectivity index (χ4v) is 4.84. The van der Waals surface area contributed by atoms with Gasteiger partial charge in [0.1, 0.15) is 17.6 Å². The summed E-state index contributed by atoms with van der Waals surface area (Å²) >= 11 is 6.52. The predicted molar refractivity (Wildman–Crippen MR) is 125 cm³/mol. The van der Waals surface area contributed by atoms with Crippen LogP contribution in [0, 0.1) is 18.3 Å². The van der Waals surface area contributed by atoms with Gasteiger partial charge in [-0.3, -0.25) is 4.90 Å². The Labute approximate surface area is 199 Å². The van der Waals surface area contributed by atoms with Gasteiger partial charge in [-0.1, -0.05) is 17.7 Å². The summed E-state index contributed by atoms with van der Waals surface area (Å²) in [5.41, 5.74) is 4.57. The highest BCUT2D eigenvalue weighted by Gasteiger charge is 2.40. The maximum atomic E-state index is 13.9. The monoisotopic (exact) mass is 486 g/mol. The second kappa shape index (κ2) is 8.85. The third-order valence-corrected chi connectivity index (χ3v) is 6.58. The molecular weight excluding hydrogens is 465 g/mol. The summed E-state index contributed by atoms with van der Waals surface area (Å²) in [6.07, 6.45) is -0.400. The van der Waals surface area contributed by atoms with Crippen LogP contribution in [0.2, 0.25) is 5.02 Å². The van der Waals surface area contributed by atoms with Gasteiger partial charge in [0.15, 0.2) is 0 Å². The van der Waals surface area contributed by atoms with E-state index in [1.165, 1.54) is 31.5 Å². The highest BCUT2D eigenvalue weighted by atomic mass is 35.5. The molecule has 1 saturated heterocycles. The Morgan fingerprint density at radius 1 is 1.26 bits per heavy atom. The maximum Gasteiger partial charge on any atom is 0.418 e. The van der Waals surface area contributed by atoms with Crippen molar-refractivity contribution >= 4 is 28.3 Å². The smallest absolute Gasteiger partial charge is 0.384 e. The fraction of sp³-hybridized carbons (Fsp3) is 0.333. The predicted octanol–water partition coefficient (Wildman–Crippen LogP) is 5.30. The number of hydrogen-bond donors (Lipinski definition) is 1. The Balaban J connectivity index is 1.88. The van der Waals surface area contributed by atoms with E-state index in [-0.39, 0.29) is 27.7 Å². The number of hydrogen-bond acceptors (Lipinski definition) is 6. The molecule has 6 nitrogen and oxygen atoms in total. The number of nitrogens with zero attached hydrogens (tertiary/aromatic N) is 5. The van der Waals surface area contributed by atoms with Gasteiger partial charge in [0.25, 0.3) is 0 Å². The molecule has 0 unspecified atom stereocenters. The molecule has 1 aliphatic heterocycles. The molecule has 4 rings (SSSR count). The summed E-state index contributed by atoms with van der Waals surface area (Å²) in [7, 11) is 0. The maximum absolute atomic E-state index is 13.9. The molecular formula is C24H22ClF3N6. The highest BCUT2D eigenvalue weighted by molar-refractivity contribution is 6.34. The lowest BCUT2D eigenvalue weighted by Gasteiger charge is -2.36. The van der Waals surface area contributed by atoms with E-state index in [1.807, 2.05) is 6.08 Å². The lowest BCUT2D eigenvalue weighted by molar-refractivity contribution is -0.137. The molecule has 2 N–H and O–H groups in total. The van der Waals surface area contributed by atoms with Crippen LogP contribution in [0.1, 0.15) is 29.7 Å². The number of rotatable bonds is 4. The number of nitrogen functional groups attached to an aromatic ring is 1. The molecule has 0 bridgehead atoms. The van der Waals surface area contributed by atoms with Crippen LogP contribution >= 0.6 is 11.6 Å². The number of aryl methyl sites for hydroxylation is 1. The number of nitrogens with two attached hydrogens (primary N) is 1. The largest absolute Gasteiger partial charge is 0.418 e. The average Bonchev–Trinajstić information content (AvgIpc) is 2.77. The third-order valence-electron chi connectivity index (χ3n) is 6.26. The summed E-state index contributed by atoms with van der Waals surface area (Å²) in [4.78, 5) is 14.9. The van der Waals surface area contributed by atoms with Crippen LogP contribution in [-0.2, 0) is 11.6 Å². The molecule has 2 aromatic heterocycles. The van der Waals surface area contributed by atoms with Gasteiger partial charge in [0.2, 0.25) is 0 Å². The minimum absolute atomic E-state index is 0.0451. The van der Waals surface area contributed by atoms with Gasteiger partial charge in [0, 0.05) is 30.6 Å². The third kappa shape index (κ3) is 4.19. The first kappa shape index (κ1) is 23.9. The molecule has 0 saturated carbocycles. The Hall–Kier alpha value is -3.22. The van der Waals surface area contributed by atoms with Crippen LogP contribution in [0.25, 0.3) is 22.2 Å². The molecule has 0 atom stereocenters. The first-order valence-electron chi connectivity index (χ1n) is 10.6. The van der Waals surface area contributed by atoms with Crippen LogP contribution in [0.5, 0.6) is 0 Å². The lowest BCUT2D eigenvalue weighted by Crippen LogP contribution is -2.42. The van der Waals surface area contributed by atoms with Crippen molar-refractivity contribution in [3.05, 3.63) is 59.0 Å². The highest BCUT2D eigenvalue weighted by Crippen LogP contribution is 2.43. The van der Waals surface area contributed by atoms with E-state index in [0.717, 1.165) is 6.54 Å². The van der Waals surface area contributed by atoms with Gasteiger partial charge in [-0.15, -0.1) is 6.58 Å². The first-order chi connectivity index (χ1) is 16.1. The standard InChI is InChI=1S/C24H22ClF3N6/c1-3-6-34-7-4-23(12-29,5-8-34)22-16-10-17(25)15(11-18(16)31-13-32-22)21-20(24(26,27)28)14(2)9-19(30)33-21/h3,9-11,13H,1,4-8H2,2H3,(H2,30,33). The minimum Gasteiger partial charge on any atom is -0.384 e. The Morgan fingerprint density at radius 2 is 1.97 bits per heavy atom. The van der Waals surface area contributed by atoms with Gasteiger partial charge in [-0.2, -0.15) is 18.4 Å².